The van der Waals surface area contributed by atoms with Gasteiger partial charge in [0.1, 0.15) is 17.6 Å². The van der Waals surface area contributed by atoms with Crippen molar-refractivity contribution in [1.82, 2.24) is 19.4 Å². The molecule has 0 saturated carbocycles. The fourth-order valence-electron chi connectivity index (χ4n) is 4.05. The molecule has 2 aliphatic heterocycles. The number of pyridine rings is 1. The minimum Gasteiger partial charge on any atom is -0.358 e. The van der Waals surface area contributed by atoms with E-state index in [0.29, 0.717) is 5.92 Å². The number of likely N-dealkylation sites (tertiary alicyclic amines) is 1. The van der Waals surface area contributed by atoms with Gasteiger partial charge in [-0.25, -0.2) is 9.97 Å². The number of fused-ring (bicyclic) bond motifs is 1. The predicted octanol–water partition coefficient (Wildman–Crippen LogP) is 3.01. The first kappa shape index (κ1) is 15.1. The van der Waals surface area contributed by atoms with Gasteiger partial charge >= 0.3 is 0 Å². The summed E-state index contributed by atoms with van der Waals surface area (Å²) < 4.78 is 8.22. The van der Waals surface area contributed by atoms with Crippen molar-refractivity contribution >= 4 is 11.2 Å². The van der Waals surface area contributed by atoms with E-state index in [1.54, 1.807) is 0 Å². The highest BCUT2D eigenvalue weighted by molar-refractivity contribution is 5.71. The van der Waals surface area contributed by atoms with Crippen molar-refractivity contribution in [3.63, 3.8) is 0 Å². The summed E-state index contributed by atoms with van der Waals surface area (Å²) in [6.07, 6.45) is 7.82. The van der Waals surface area contributed by atoms with Crippen LogP contribution >= 0.6 is 0 Å². The van der Waals surface area contributed by atoms with E-state index in [1.165, 1.54) is 25.9 Å². The minimum absolute atomic E-state index is 0.121. The van der Waals surface area contributed by atoms with Gasteiger partial charge in [0.05, 0.1) is 0 Å². The predicted molar refractivity (Wildman–Crippen MR) is 90.3 cm³/mol. The van der Waals surface area contributed by atoms with Gasteiger partial charge in [-0.3, -0.25) is 4.57 Å². The van der Waals surface area contributed by atoms with Crippen LogP contribution in [0.2, 0.25) is 0 Å². The zero-order valence-electron chi connectivity index (χ0n) is 13.9. The van der Waals surface area contributed by atoms with E-state index in [-0.39, 0.29) is 6.23 Å². The highest BCUT2D eigenvalue weighted by Crippen LogP contribution is 2.30. The molecule has 2 unspecified atom stereocenters. The lowest BCUT2D eigenvalue weighted by atomic mass is 9.94. The molecule has 5 nitrogen and oxygen atoms in total. The number of rotatable bonds is 4. The Morgan fingerprint density at radius 2 is 2.26 bits per heavy atom. The SMILES string of the molecule is CCN1CCCC(Cc2nc3cccnc3n2C2CCCO2)C1. The largest absolute Gasteiger partial charge is 0.358 e. The van der Waals surface area contributed by atoms with Crippen molar-refractivity contribution in [2.75, 3.05) is 26.2 Å². The molecular formula is C18H26N4O. The quantitative estimate of drug-likeness (QED) is 0.870. The second-order valence-corrected chi connectivity index (χ2v) is 6.82. The molecule has 0 radical (unpaired) electrons. The van der Waals surface area contributed by atoms with E-state index in [1.807, 2.05) is 12.3 Å². The molecule has 5 heteroatoms. The fraction of sp³-hybridized carbons (Fsp3) is 0.667. The highest BCUT2D eigenvalue weighted by atomic mass is 16.5. The first-order chi connectivity index (χ1) is 11.3. The Labute approximate surface area is 137 Å². The summed E-state index contributed by atoms with van der Waals surface area (Å²) in [5.74, 6) is 1.86. The van der Waals surface area contributed by atoms with Crippen LogP contribution in [0.15, 0.2) is 18.3 Å². The number of piperidine rings is 1. The van der Waals surface area contributed by atoms with Crippen LogP contribution in [0.5, 0.6) is 0 Å². The van der Waals surface area contributed by atoms with Crippen molar-refractivity contribution < 1.29 is 4.74 Å². The van der Waals surface area contributed by atoms with Crippen LogP contribution in [0, 0.1) is 5.92 Å². The Morgan fingerprint density at radius 1 is 1.30 bits per heavy atom. The maximum absolute atomic E-state index is 5.95. The lowest BCUT2D eigenvalue weighted by molar-refractivity contribution is 0.0560. The van der Waals surface area contributed by atoms with E-state index in [9.17, 15) is 0 Å². The lowest BCUT2D eigenvalue weighted by Gasteiger charge is -2.31. The molecule has 23 heavy (non-hydrogen) atoms. The van der Waals surface area contributed by atoms with Crippen molar-refractivity contribution in [1.29, 1.82) is 0 Å². The molecule has 0 aliphatic carbocycles. The van der Waals surface area contributed by atoms with E-state index in [4.69, 9.17) is 9.72 Å². The van der Waals surface area contributed by atoms with Gasteiger partial charge in [-0.1, -0.05) is 6.92 Å². The van der Waals surface area contributed by atoms with Crippen molar-refractivity contribution in [2.45, 2.75) is 45.3 Å². The summed E-state index contributed by atoms with van der Waals surface area (Å²) in [5, 5.41) is 0. The molecule has 2 aromatic heterocycles. The molecule has 2 fully saturated rings. The number of imidazole rings is 1. The van der Waals surface area contributed by atoms with Gasteiger partial charge in [0, 0.05) is 25.8 Å². The molecule has 2 atom stereocenters. The maximum atomic E-state index is 5.95. The summed E-state index contributed by atoms with van der Waals surface area (Å²) in [7, 11) is 0. The molecule has 4 rings (SSSR count). The molecule has 2 saturated heterocycles. The summed E-state index contributed by atoms with van der Waals surface area (Å²) in [6, 6.07) is 4.04. The van der Waals surface area contributed by atoms with Crippen LogP contribution in [0.25, 0.3) is 11.2 Å². The van der Waals surface area contributed by atoms with E-state index in [0.717, 1.165) is 49.4 Å². The average molecular weight is 314 g/mol. The Kier molecular flexibility index (Phi) is 4.31. The summed E-state index contributed by atoms with van der Waals surface area (Å²) in [5.41, 5.74) is 1.98. The molecule has 0 bridgehead atoms. The average Bonchev–Trinajstić information content (AvgIpc) is 3.21. The van der Waals surface area contributed by atoms with Crippen LogP contribution in [0.4, 0.5) is 0 Å². The summed E-state index contributed by atoms with van der Waals surface area (Å²) >= 11 is 0. The van der Waals surface area contributed by atoms with Crippen molar-refractivity contribution in [2.24, 2.45) is 5.92 Å². The van der Waals surface area contributed by atoms with Gasteiger partial charge in [-0.05, 0) is 56.8 Å². The standard InChI is InChI=1S/C18H26N4O/c1-2-21-10-4-6-14(13-21)12-16-20-15-7-3-9-19-18(15)22(16)17-8-5-11-23-17/h3,7,9,14,17H,2,4-6,8,10-13H2,1H3. The minimum atomic E-state index is 0.121. The van der Waals surface area contributed by atoms with Crippen LogP contribution in [-0.4, -0.2) is 45.7 Å². The second kappa shape index (κ2) is 6.57. The smallest absolute Gasteiger partial charge is 0.162 e. The van der Waals surface area contributed by atoms with Crippen LogP contribution in [0.1, 0.15) is 44.7 Å². The molecule has 124 valence electrons. The van der Waals surface area contributed by atoms with E-state index >= 15 is 0 Å². The Morgan fingerprint density at radius 3 is 3.09 bits per heavy atom. The number of nitrogens with zero attached hydrogens (tertiary/aromatic N) is 4. The molecule has 2 aliphatic rings. The van der Waals surface area contributed by atoms with Crippen LogP contribution in [0.3, 0.4) is 0 Å². The van der Waals surface area contributed by atoms with E-state index in [2.05, 4.69) is 27.4 Å². The van der Waals surface area contributed by atoms with E-state index < -0.39 is 0 Å². The first-order valence-electron chi connectivity index (χ1n) is 9.01. The van der Waals surface area contributed by atoms with Crippen LogP contribution < -0.4 is 0 Å². The highest BCUT2D eigenvalue weighted by Gasteiger charge is 2.27. The molecule has 4 heterocycles. The molecular weight excluding hydrogens is 288 g/mol. The number of aromatic nitrogens is 3. The topological polar surface area (TPSA) is 43.2 Å². The monoisotopic (exact) mass is 314 g/mol. The Hall–Kier alpha value is -1.46. The fourth-order valence-corrected chi connectivity index (χ4v) is 4.05. The lowest BCUT2D eigenvalue weighted by Crippen LogP contribution is -2.36. The molecule has 0 amide bonds. The Bertz CT molecular complexity index is 662. The Balaban J connectivity index is 1.64. The second-order valence-electron chi connectivity index (χ2n) is 6.82. The van der Waals surface area contributed by atoms with Crippen LogP contribution in [-0.2, 0) is 11.2 Å². The third-order valence-corrected chi connectivity index (χ3v) is 5.24. The number of hydrogen-bond acceptors (Lipinski definition) is 4. The normalized spacial score (nSPS) is 26.1. The van der Waals surface area contributed by atoms with Gasteiger partial charge in [0.2, 0.25) is 0 Å². The van der Waals surface area contributed by atoms with Gasteiger partial charge in [-0.2, -0.15) is 0 Å². The molecule has 0 N–H and O–H groups in total. The zero-order valence-corrected chi connectivity index (χ0v) is 13.9. The third kappa shape index (κ3) is 3.00. The summed E-state index contributed by atoms with van der Waals surface area (Å²) in [4.78, 5) is 12.0. The summed E-state index contributed by atoms with van der Waals surface area (Å²) in [6.45, 7) is 6.70. The van der Waals surface area contributed by atoms with Gasteiger partial charge in [-0.15, -0.1) is 0 Å². The molecule has 2 aromatic rings. The number of hydrogen-bond donors (Lipinski definition) is 0. The third-order valence-electron chi connectivity index (χ3n) is 5.24. The van der Waals surface area contributed by atoms with Crippen molar-refractivity contribution in [3.05, 3.63) is 24.2 Å². The molecule has 0 aromatic carbocycles. The maximum Gasteiger partial charge on any atom is 0.162 e. The zero-order chi connectivity index (χ0) is 15.6. The molecule has 0 spiro atoms. The van der Waals surface area contributed by atoms with Gasteiger partial charge < -0.3 is 9.64 Å². The number of ether oxygens (including phenoxy) is 1. The van der Waals surface area contributed by atoms with Crippen molar-refractivity contribution in [3.8, 4) is 0 Å². The van der Waals surface area contributed by atoms with Gasteiger partial charge in [0.25, 0.3) is 0 Å². The van der Waals surface area contributed by atoms with Gasteiger partial charge in [0.15, 0.2) is 5.65 Å². The first-order valence-corrected chi connectivity index (χ1v) is 9.01.